The van der Waals surface area contributed by atoms with Gasteiger partial charge >= 0.3 is 0 Å². The number of hydrogen-bond donors (Lipinski definition) is 2. The summed E-state index contributed by atoms with van der Waals surface area (Å²) < 4.78 is 0. The minimum Gasteiger partial charge on any atom is -1.00 e. The Labute approximate surface area is 139 Å². The maximum atomic E-state index is 6.19. The van der Waals surface area contributed by atoms with Crippen LogP contribution < -0.4 is 23.5 Å². The lowest BCUT2D eigenvalue weighted by atomic mass is 10.1. The van der Waals surface area contributed by atoms with Gasteiger partial charge in [-0.25, -0.2) is 0 Å². The summed E-state index contributed by atoms with van der Waals surface area (Å²) in [5, 5.41) is 6.86. The number of fused-ring (bicyclic) bond motifs is 1. The van der Waals surface area contributed by atoms with Crippen LogP contribution in [0, 0.1) is 0 Å². The summed E-state index contributed by atoms with van der Waals surface area (Å²) in [6.07, 6.45) is 0. The quantitative estimate of drug-likeness (QED) is 0.734. The topological polar surface area (TPSA) is 39.7 Å². The van der Waals surface area contributed by atoms with Crippen LogP contribution in [0.2, 0.25) is 10.0 Å². The van der Waals surface area contributed by atoms with Crippen molar-refractivity contribution in [2.45, 2.75) is 0 Å². The standard InChI is InChI=1S/C16H12Cl2N2.ClH/c17-10-5-6-11-12(9-10)14(19)7-8-15(11)20-16-4-2-1-3-13(16)18;/h1-9,20H,19H2;1H. The second kappa shape index (κ2) is 6.54. The summed E-state index contributed by atoms with van der Waals surface area (Å²) >= 11 is 12.2. The van der Waals surface area contributed by atoms with Crippen molar-refractivity contribution in [3.8, 4) is 0 Å². The molecule has 0 aliphatic heterocycles. The van der Waals surface area contributed by atoms with Gasteiger partial charge in [0.1, 0.15) is 5.69 Å². The number of hydrogen-bond acceptors (Lipinski definition) is 1. The molecule has 21 heavy (non-hydrogen) atoms. The molecule has 0 spiro atoms. The Balaban J connectivity index is 0.00000161. The molecule has 0 saturated carbocycles. The predicted molar refractivity (Wildman–Crippen MR) is 86.2 cm³/mol. The van der Waals surface area contributed by atoms with Crippen LogP contribution >= 0.6 is 23.2 Å². The van der Waals surface area contributed by atoms with Crippen LogP contribution in [0.5, 0.6) is 0 Å². The second-order valence-electron chi connectivity index (χ2n) is 4.57. The average molecular weight is 340 g/mol. The maximum absolute atomic E-state index is 6.19. The van der Waals surface area contributed by atoms with Crippen molar-refractivity contribution in [2.24, 2.45) is 0 Å². The molecule has 0 aliphatic carbocycles. The number of para-hydroxylation sites is 1. The van der Waals surface area contributed by atoms with E-state index in [9.17, 15) is 0 Å². The largest absolute Gasteiger partial charge is 1.00 e. The summed E-state index contributed by atoms with van der Waals surface area (Å²) in [5.74, 6) is 0. The summed E-state index contributed by atoms with van der Waals surface area (Å²) in [4.78, 5) is 0. The Morgan fingerprint density at radius 1 is 0.810 bits per heavy atom. The van der Waals surface area contributed by atoms with Crippen LogP contribution in [-0.2, 0) is 0 Å². The molecule has 2 nitrogen and oxygen atoms in total. The van der Waals surface area contributed by atoms with E-state index in [1.807, 2.05) is 54.6 Å². The molecule has 4 N–H and O–H groups in total. The Morgan fingerprint density at radius 3 is 2.33 bits per heavy atom. The molecule has 0 unspecified atom stereocenters. The van der Waals surface area contributed by atoms with Gasteiger partial charge in [0.2, 0.25) is 0 Å². The molecule has 3 aromatic rings. The summed E-state index contributed by atoms with van der Waals surface area (Å²) in [5.41, 5.74) is 6.85. The molecule has 0 aromatic heterocycles. The maximum Gasteiger partial charge on any atom is 0.136 e. The lowest BCUT2D eigenvalue weighted by Crippen LogP contribution is -3.00. The number of quaternary nitrogens is 1. The zero-order valence-corrected chi connectivity index (χ0v) is 13.3. The highest BCUT2D eigenvalue weighted by molar-refractivity contribution is 6.33. The van der Waals surface area contributed by atoms with Gasteiger partial charge in [-0.1, -0.05) is 41.4 Å². The van der Waals surface area contributed by atoms with E-state index in [2.05, 4.69) is 11.1 Å². The third kappa shape index (κ3) is 3.25. The molecule has 0 amide bonds. The lowest BCUT2D eigenvalue weighted by Gasteiger charge is -2.11. The third-order valence-corrected chi connectivity index (χ3v) is 3.78. The fraction of sp³-hybridized carbons (Fsp3) is 0. The highest BCUT2D eigenvalue weighted by Crippen LogP contribution is 2.33. The molecule has 3 aromatic carbocycles. The molecular formula is C16H13Cl3N2. The average Bonchev–Trinajstić information content (AvgIpc) is 2.44. The lowest BCUT2D eigenvalue weighted by molar-refractivity contribution is -0.252. The molecule has 0 aliphatic rings. The van der Waals surface area contributed by atoms with E-state index < -0.39 is 0 Å². The Hall–Kier alpha value is -1.45. The van der Waals surface area contributed by atoms with E-state index >= 15 is 0 Å². The number of benzene rings is 3. The van der Waals surface area contributed by atoms with Gasteiger partial charge in [-0.2, -0.15) is 0 Å². The van der Waals surface area contributed by atoms with Crippen LogP contribution in [0.25, 0.3) is 10.8 Å². The van der Waals surface area contributed by atoms with Gasteiger partial charge in [0.25, 0.3) is 0 Å². The van der Waals surface area contributed by atoms with Crippen LogP contribution in [0.15, 0.2) is 54.6 Å². The van der Waals surface area contributed by atoms with Crippen molar-refractivity contribution in [1.29, 1.82) is 0 Å². The number of halogens is 3. The number of rotatable bonds is 2. The monoisotopic (exact) mass is 338 g/mol. The van der Waals surface area contributed by atoms with Gasteiger partial charge in [0, 0.05) is 27.5 Å². The SMILES string of the molecule is [Cl-].[NH3+]c1ccc(Nc2ccccc2Cl)c2ccc(Cl)cc12. The van der Waals surface area contributed by atoms with E-state index in [1.165, 1.54) is 0 Å². The van der Waals surface area contributed by atoms with Crippen molar-refractivity contribution >= 4 is 51.0 Å². The van der Waals surface area contributed by atoms with E-state index in [0.717, 1.165) is 27.8 Å². The van der Waals surface area contributed by atoms with Crippen LogP contribution in [0.4, 0.5) is 17.1 Å². The first-order valence-electron chi connectivity index (χ1n) is 6.21. The van der Waals surface area contributed by atoms with Crippen molar-refractivity contribution in [1.82, 2.24) is 0 Å². The minimum absolute atomic E-state index is 0. The van der Waals surface area contributed by atoms with Crippen molar-refractivity contribution in [3.05, 3.63) is 64.6 Å². The first-order valence-corrected chi connectivity index (χ1v) is 6.96. The Morgan fingerprint density at radius 2 is 1.57 bits per heavy atom. The molecule has 0 fully saturated rings. The number of anilines is 2. The fourth-order valence-corrected chi connectivity index (χ4v) is 2.55. The molecule has 0 atom stereocenters. The van der Waals surface area contributed by atoms with Gasteiger partial charge in [-0.15, -0.1) is 0 Å². The van der Waals surface area contributed by atoms with Gasteiger partial charge in [-0.05, 0) is 30.3 Å². The predicted octanol–water partition coefficient (Wildman–Crippen LogP) is 1.77. The molecule has 0 saturated heterocycles. The molecule has 108 valence electrons. The fourth-order valence-electron chi connectivity index (χ4n) is 2.20. The van der Waals surface area contributed by atoms with Crippen molar-refractivity contribution in [3.63, 3.8) is 0 Å². The molecule has 3 rings (SSSR count). The van der Waals surface area contributed by atoms with Gasteiger partial charge in [0.15, 0.2) is 0 Å². The Kier molecular flexibility index (Phi) is 4.96. The molecule has 0 bridgehead atoms. The molecule has 0 radical (unpaired) electrons. The van der Waals surface area contributed by atoms with E-state index in [4.69, 9.17) is 23.2 Å². The highest BCUT2D eigenvalue weighted by Gasteiger charge is 2.08. The second-order valence-corrected chi connectivity index (χ2v) is 5.41. The normalized spacial score (nSPS) is 10.2. The third-order valence-electron chi connectivity index (χ3n) is 3.21. The van der Waals surface area contributed by atoms with Gasteiger partial charge in [0.05, 0.1) is 10.7 Å². The summed E-state index contributed by atoms with van der Waals surface area (Å²) in [6.45, 7) is 0. The van der Waals surface area contributed by atoms with Gasteiger partial charge < -0.3 is 23.5 Å². The van der Waals surface area contributed by atoms with Crippen LogP contribution in [-0.4, -0.2) is 0 Å². The zero-order valence-electron chi connectivity index (χ0n) is 11.0. The van der Waals surface area contributed by atoms with E-state index in [0.29, 0.717) is 10.0 Å². The summed E-state index contributed by atoms with van der Waals surface area (Å²) in [7, 11) is 0. The summed E-state index contributed by atoms with van der Waals surface area (Å²) in [6, 6.07) is 17.4. The first-order chi connectivity index (χ1) is 9.65. The van der Waals surface area contributed by atoms with Crippen LogP contribution in [0.1, 0.15) is 0 Å². The van der Waals surface area contributed by atoms with Gasteiger partial charge in [-0.3, -0.25) is 0 Å². The minimum atomic E-state index is 0. The van der Waals surface area contributed by atoms with Crippen molar-refractivity contribution < 1.29 is 18.1 Å². The number of nitrogens with one attached hydrogen (secondary N) is 1. The van der Waals surface area contributed by atoms with Crippen molar-refractivity contribution in [2.75, 3.05) is 5.32 Å². The van der Waals surface area contributed by atoms with E-state index in [1.54, 1.807) is 0 Å². The molecular weight excluding hydrogens is 327 g/mol. The highest BCUT2D eigenvalue weighted by atomic mass is 35.5. The molecule has 0 heterocycles. The van der Waals surface area contributed by atoms with E-state index in [-0.39, 0.29) is 12.4 Å². The van der Waals surface area contributed by atoms with Crippen LogP contribution in [0.3, 0.4) is 0 Å². The zero-order chi connectivity index (χ0) is 14.1. The smallest absolute Gasteiger partial charge is 0.136 e. The Bertz CT molecular complexity index is 788. The first kappa shape index (κ1) is 15.9. The molecule has 5 heteroatoms.